The number of aryl methyl sites for hydroxylation is 1. The number of carbonyl (C=O) groups excluding carboxylic acids is 1. The lowest BCUT2D eigenvalue weighted by Crippen LogP contribution is -2.42. The first-order chi connectivity index (χ1) is 13.9. The number of piperidine rings is 1. The van der Waals surface area contributed by atoms with Crippen molar-refractivity contribution < 1.29 is 35.7 Å². The van der Waals surface area contributed by atoms with Gasteiger partial charge in [-0.25, -0.2) is 0 Å². The fourth-order valence-electron chi connectivity index (χ4n) is 3.11. The van der Waals surface area contributed by atoms with Gasteiger partial charge >= 0.3 is 12.4 Å². The Balaban J connectivity index is 1.67. The van der Waals surface area contributed by atoms with Gasteiger partial charge in [0.1, 0.15) is 11.7 Å². The molecule has 14 heteroatoms. The normalized spacial score (nSPS) is 19.1. The summed E-state index contributed by atoms with van der Waals surface area (Å²) in [4.78, 5) is 17.7. The minimum absolute atomic E-state index is 0.0157. The summed E-state index contributed by atoms with van der Waals surface area (Å²) in [6.07, 6.45) is -8.71. The van der Waals surface area contributed by atoms with E-state index >= 15 is 0 Å². The molecule has 0 bridgehead atoms. The second-order valence-corrected chi connectivity index (χ2v) is 6.99. The van der Waals surface area contributed by atoms with Crippen LogP contribution in [0.4, 0.5) is 32.3 Å². The van der Waals surface area contributed by atoms with E-state index in [-0.39, 0.29) is 30.5 Å². The van der Waals surface area contributed by atoms with E-state index in [4.69, 9.17) is 4.52 Å². The Hall–Kier alpha value is -2.80. The third-order valence-corrected chi connectivity index (χ3v) is 4.72. The highest BCUT2D eigenvalue weighted by Crippen LogP contribution is 2.34. The molecule has 8 nitrogen and oxygen atoms in total. The zero-order valence-corrected chi connectivity index (χ0v) is 15.9. The first-order valence-electron chi connectivity index (χ1n) is 8.93. The Bertz CT molecular complexity index is 905. The highest BCUT2D eigenvalue weighted by Gasteiger charge is 2.42. The number of nitrogens with one attached hydrogen (secondary N) is 1. The second kappa shape index (κ2) is 7.80. The van der Waals surface area contributed by atoms with Gasteiger partial charge in [-0.2, -0.15) is 36.4 Å². The first-order valence-corrected chi connectivity index (χ1v) is 8.93. The number of carbonyl (C=O) groups is 1. The van der Waals surface area contributed by atoms with Crippen molar-refractivity contribution in [2.45, 2.75) is 38.2 Å². The third kappa shape index (κ3) is 4.67. The summed E-state index contributed by atoms with van der Waals surface area (Å²) < 4.78 is 82.9. The number of nitrogens with zero attached hydrogens (tertiary/aromatic N) is 5. The maximum Gasteiger partial charge on any atom is 0.435 e. The lowest BCUT2D eigenvalue weighted by Gasteiger charge is -2.32. The van der Waals surface area contributed by atoms with Crippen molar-refractivity contribution in [1.29, 1.82) is 0 Å². The molecule has 30 heavy (non-hydrogen) atoms. The van der Waals surface area contributed by atoms with Crippen LogP contribution in [0.3, 0.4) is 0 Å². The van der Waals surface area contributed by atoms with Crippen LogP contribution in [0.2, 0.25) is 0 Å². The van der Waals surface area contributed by atoms with E-state index in [1.165, 1.54) is 18.9 Å². The molecule has 1 aliphatic rings. The van der Waals surface area contributed by atoms with Gasteiger partial charge < -0.3 is 14.7 Å². The van der Waals surface area contributed by atoms with Crippen LogP contribution in [0.1, 0.15) is 47.9 Å². The van der Waals surface area contributed by atoms with Crippen molar-refractivity contribution in [2.24, 2.45) is 13.0 Å². The van der Waals surface area contributed by atoms with Crippen molar-refractivity contribution >= 4 is 11.9 Å². The highest BCUT2D eigenvalue weighted by molar-refractivity contribution is 5.92. The fraction of sp³-hybridized carbons (Fsp3) is 0.625. The zero-order chi connectivity index (χ0) is 22.3. The molecule has 166 valence electrons. The van der Waals surface area contributed by atoms with Crippen LogP contribution in [0.25, 0.3) is 0 Å². The molecular weight excluding hydrogens is 422 g/mol. The van der Waals surface area contributed by atoms with Gasteiger partial charge in [-0.3, -0.25) is 9.48 Å². The molecule has 2 atom stereocenters. The predicted molar refractivity (Wildman–Crippen MR) is 89.4 cm³/mol. The van der Waals surface area contributed by atoms with Gasteiger partial charge in [0, 0.05) is 26.2 Å². The summed E-state index contributed by atoms with van der Waals surface area (Å²) in [6.45, 7) is 1.46. The first kappa shape index (κ1) is 21.9. The van der Waals surface area contributed by atoms with Gasteiger partial charge in [0.15, 0.2) is 5.69 Å². The van der Waals surface area contributed by atoms with Crippen LogP contribution in [0, 0.1) is 5.92 Å². The van der Waals surface area contributed by atoms with Crippen molar-refractivity contribution in [3.05, 3.63) is 23.3 Å². The summed E-state index contributed by atoms with van der Waals surface area (Å²) in [6, 6.07) is -0.294. The fourth-order valence-corrected chi connectivity index (χ4v) is 3.11. The summed E-state index contributed by atoms with van der Waals surface area (Å²) in [5.74, 6) is -2.49. The number of alkyl halides is 6. The maximum absolute atomic E-state index is 13.0. The molecule has 2 aromatic heterocycles. The van der Waals surface area contributed by atoms with Crippen LogP contribution >= 0.6 is 0 Å². The van der Waals surface area contributed by atoms with Crippen LogP contribution in [-0.4, -0.2) is 45.1 Å². The Morgan fingerprint density at radius 1 is 1.30 bits per heavy atom. The van der Waals surface area contributed by atoms with E-state index < -0.39 is 35.9 Å². The monoisotopic (exact) mass is 440 g/mol. The van der Waals surface area contributed by atoms with E-state index in [2.05, 4.69) is 20.6 Å². The van der Waals surface area contributed by atoms with Gasteiger partial charge in [-0.15, -0.1) is 0 Å². The minimum atomic E-state index is -4.70. The number of amides is 1. The van der Waals surface area contributed by atoms with Gasteiger partial charge in [0.25, 0.3) is 17.7 Å². The molecular formula is C16H18F6N6O2. The number of rotatable bonds is 4. The molecule has 1 fully saturated rings. The molecule has 0 saturated carbocycles. The van der Waals surface area contributed by atoms with Crippen molar-refractivity contribution in [3.8, 4) is 0 Å². The average molecular weight is 440 g/mol. The number of aromatic nitrogens is 4. The molecule has 1 amide bonds. The summed E-state index contributed by atoms with van der Waals surface area (Å²) in [5.41, 5.74) is -1.55. The molecule has 0 radical (unpaired) electrons. The van der Waals surface area contributed by atoms with Crippen LogP contribution in [0.5, 0.6) is 0 Å². The van der Waals surface area contributed by atoms with Crippen LogP contribution < -0.4 is 10.2 Å². The number of anilines is 1. The van der Waals surface area contributed by atoms with Crippen molar-refractivity contribution in [2.75, 3.05) is 18.0 Å². The topological polar surface area (TPSA) is 89.1 Å². The lowest BCUT2D eigenvalue weighted by atomic mass is 9.98. The molecule has 1 unspecified atom stereocenters. The lowest BCUT2D eigenvalue weighted by molar-refractivity contribution is -0.176. The van der Waals surface area contributed by atoms with Gasteiger partial charge in [-0.05, 0) is 24.9 Å². The molecule has 1 N–H and O–H groups in total. The molecule has 0 aliphatic carbocycles. The van der Waals surface area contributed by atoms with E-state index in [9.17, 15) is 31.1 Å². The van der Waals surface area contributed by atoms with E-state index in [0.717, 1.165) is 4.68 Å². The molecule has 2 aromatic rings. The average Bonchev–Trinajstić information content (AvgIpc) is 3.28. The molecule has 1 saturated heterocycles. The van der Waals surface area contributed by atoms with Crippen molar-refractivity contribution in [1.82, 2.24) is 25.2 Å². The van der Waals surface area contributed by atoms with E-state index in [0.29, 0.717) is 19.0 Å². The quantitative estimate of drug-likeness (QED) is 0.736. The Kier molecular flexibility index (Phi) is 5.69. The molecule has 3 heterocycles. The number of hydrogen-bond acceptors (Lipinski definition) is 6. The third-order valence-electron chi connectivity index (χ3n) is 4.72. The smallest absolute Gasteiger partial charge is 0.339 e. The Morgan fingerprint density at radius 2 is 2.00 bits per heavy atom. The zero-order valence-electron chi connectivity index (χ0n) is 15.9. The summed E-state index contributed by atoms with van der Waals surface area (Å²) in [5, 5.41) is 9.33. The molecule has 1 aliphatic heterocycles. The molecule has 3 rings (SSSR count). The second-order valence-electron chi connectivity index (χ2n) is 6.99. The summed E-state index contributed by atoms with van der Waals surface area (Å²) >= 11 is 0. The van der Waals surface area contributed by atoms with Gasteiger partial charge in [0.2, 0.25) is 0 Å². The highest BCUT2D eigenvalue weighted by atomic mass is 19.4. The van der Waals surface area contributed by atoms with Gasteiger partial charge in [0.05, 0.1) is 5.92 Å². The SMILES string of the molecule is C[C@H](NC(=O)c1cc(C(F)(F)F)nn1C)c1nc(N2CCCC(C(F)(F)F)C2)no1. The van der Waals surface area contributed by atoms with E-state index in [1.54, 1.807) is 0 Å². The number of hydrogen-bond donors (Lipinski definition) is 1. The standard InChI is InChI=1S/C16H18F6N6O2/c1-8(23-12(29)10-6-11(16(20,21)22)25-27(10)2)13-24-14(26-30-13)28-5-3-4-9(7-28)15(17,18)19/h6,8-9H,3-5,7H2,1-2H3,(H,23,29)/t8-,9?/m0/s1. The predicted octanol–water partition coefficient (Wildman–Crippen LogP) is 3.09. The van der Waals surface area contributed by atoms with E-state index in [1.807, 2.05) is 0 Å². The minimum Gasteiger partial charge on any atom is -0.339 e. The van der Waals surface area contributed by atoms with Crippen LogP contribution in [-0.2, 0) is 13.2 Å². The maximum atomic E-state index is 13.0. The number of halogens is 6. The summed E-state index contributed by atoms with van der Waals surface area (Å²) in [7, 11) is 1.19. The Morgan fingerprint density at radius 3 is 2.60 bits per heavy atom. The molecule has 0 aromatic carbocycles. The molecule has 0 spiro atoms. The largest absolute Gasteiger partial charge is 0.435 e. The Labute approximate surface area is 166 Å². The van der Waals surface area contributed by atoms with Crippen LogP contribution in [0.15, 0.2) is 10.6 Å². The van der Waals surface area contributed by atoms with Gasteiger partial charge in [-0.1, -0.05) is 0 Å². The van der Waals surface area contributed by atoms with Crippen molar-refractivity contribution in [3.63, 3.8) is 0 Å².